The summed E-state index contributed by atoms with van der Waals surface area (Å²) in [5.41, 5.74) is 3.14. The lowest BCUT2D eigenvalue weighted by atomic mass is 10.1. The van der Waals surface area contributed by atoms with Gasteiger partial charge in [0.15, 0.2) is 0 Å². The van der Waals surface area contributed by atoms with Crippen molar-refractivity contribution in [3.8, 4) is 17.5 Å². The van der Waals surface area contributed by atoms with Gasteiger partial charge in [0.05, 0.1) is 28.2 Å². The smallest absolute Gasteiger partial charge is 0.335 e. The van der Waals surface area contributed by atoms with Gasteiger partial charge in [0.2, 0.25) is 0 Å². The van der Waals surface area contributed by atoms with E-state index in [2.05, 4.69) is 16.0 Å². The minimum atomic E-state index is -0.959. The van der Waals surface area contributed by atoms with Gasteiger partial charge in [-0.1, -0.05) is 12.1 Å². The number of aromatic amines is 1. The minimum absolute atomic E-state index is 0.233. The van der Waals surface area contributed by atoms with Crippen molar-refractivity contribution in [2.45, 2.75) is 0 Å². The number of aromatic nitrogens is 2. The van der Waals surface area contributed by atoms with Gasteiger partial charge in [-0.3, -0.25) is 0 Å². The number of fused-ring (bicyclic) bond motifs is 1. The van der Waals surface area contributed by atoms with Crippen molar-refractivity contribution in [1.82, 2.24) is 9.97 Å². The van der Waals surface area contributed by atoms with E-state index < -0.39 is 5.97 Å². The van der Waals surface area contributed by atoms with E-state index in [9.17, 15) is 4.79 Å². The number of aromatic carboxylic acids is 1. The van der Waals surface area contributed by atoms with E-state index in [1.54, 1.807) is 30.3 Å². The molecule has 0 atom stereocenters. The molecule has 5 heteroatoms. The molecule has 2 aromatic carbocycles. The van der Waals surface area contributed by atoms with Crippen LogP contribution in [0.1, 0.15) is 15.9 Å². The summed E-state index contributed by atoms with van der Waals surface area (Å²) in [4.78, 5) is 18.4. The van der Waals surface area contributed by atoms with Gasteiger partial charge in [-0.2, -0.15) is 5.26 Å². The van der Waals surface area contributed by atoms with Crippen LogP contribution in [0.25, 0.3) is 22.4 Å². The topological polar surface area (TPSA) is 89.8 Å². The molecule has 0 aliphatic heterocycles. The maximum atomic E-state index is 10.8. The zero-order valence-electron chi connectivity index (χ0n) is 10.3. The first kappa shape index (κ1) is 11.9. The summed E-state index contributed by atoms with van der Waals surface area (Å²) >= 11 is 0. The number of carbonyl (C=O) groups is 1. The molecule has 0 saturated carbocycles. The third-order valence-electron chi connectivity index (χ3n) is 3.02. The van der Waals surface area contributed by atoms with Crippen LogP contribution in [0.4, 0.5) is 0 Å². The summed E-state index contributed by atoms with van der Waals surface area (Å²) in [7, 11) is 0. The predicted molar refractivity (Wildman–Crippen MR) is 73.2 cm³/mol. The fourth-order valence-corrected chi connectivity index (χ4v) is 1.99. The maximum Gasteiger partial charge on any atom is 0.335 e. The number of benzene rings is 2. The van der Waals surface area contributed by atoms with Crippen LogP contribution in [0.2, 0.25) is 0 Å². The number of hydrogen-bond acceptors (Lipinski definition) is 3. The van der Waals surface area contributed by atoms with E-state index in [-0.39, 0.29) is 5.56 Å². The summed E-state index contributed by atoms with van der Waals surface area (Å²) in [5, 5.41) is 17.7. The monoisotopic (exact) mass is 263 g/mol. The molecule has 0 bridgehead atoms. The second-order valence-corrected chi connectivity index (χ2v) is 4.31. The van der Waals surface area contributed by atoms with Crippen LogP contribution < -0.4 is 0 Å². The fourth-order valence-electron chi connectivity index (χ4n) is 1.99. The Hall–Kier alpha value is -3.13. The highest BCUT2D eigenvalue weighted by atomic mass is 16.4. The number of nitriles is 1. The molecule has 0 aliphatic rings. The second-order valence-electron chi connectivity index (χ2n) is 4.31. The van der Waals surface area contributed by atoms with E-state index >= 15 is 0 Å². The first-order chi connectivity index (χ1) is 9.67. The Bertz CT molecular complexity index is 842. The van der Waals surface area contributed by atoms with Crippen LogP contribution in [0.5, 0.6) is 0 Å². The highest BCUT2D eigenvalue weighted by Gasteiger charge is 2.07. The average molecular weight is 263 g/mol. The van der Waals surface area contributed by atoms with Crippen molar-refractivity contribution in [2.24, 2.45) is 0 Å². The molecule has 0 radical (unpaired) electrons. The summed E-state index contributed by atoms with van der Waals surface area (Å²) in [5.74, 6) is -0.313. The Kier molecular flexibility index (Phi) is 2.70. The lowest BCUT2D eigenvalue weighted by Crippen LogP contribution is -1.95. The van der Waals surface area contributed by atoms with Gasteiger partial charge >= 0.3 is 5.97 Å². The lowest BCUT2D eigenvalue weighted by Gasteiger charge is -1.97. The quantitative estimate of drug-likeness (QED) is 0.743. The summed E-state index contributed by atoms with van der Waals surface area (Å²) in [6.07, 6.45) is 0. The van der Waals surface area contributed by atoms with E-state index in [0.717, 1.165) is 16.6 Å². The van der Waals surface area contributed by atoms with Crippen molar-refractivity contribution in [1.29, 1.82) is 5.26 Å². The largest absolute Gasteiger partial charge is 0.478 e. The Morgan fingerprint density at radius 3 is 2.60 bits per heavy atom. The molecule has 2 N–H and O–H groups in total. The molecule has 3 rings (SSSR count). The number of rotatable bonds is 2. The molecular formula is C15H9N3O2. The van der Waals surface area contributed by atoms with Crippen molar-refractivity contribution < 1.29 is 9.90 Å². The molecule has 96 valence electrons. The number of nitrogens with zero attached hydrogens (tertiary/aromatic N) is 2. The first-order valence-electron chi connectivity index (χ1n) is 5.91. The van der Waals surface area contributed by atoms with Gasteiger partial charge in [0.1, 0.15) is 5.82 Å². The van der Waals surface area contributed by atoms with Crippen LogP contribution in [0, 0.1) is 11.3 Å². The zero-order chi connectivity index (χ0) is 14.1. The summed E-state index contributed by atoms with van der Waals surface area (Å²) in [6.45, 7) is 0. The molecule has 0 aliphatic carbocycles. The van der Waals surface area contributed by atoms with E-state index in [0.29, 0.717) is 11.4 Å². The molecule has 3 aromatic rings. The Labute approximate surface area is 114 Å². The van der Waals surface area contributed by atoms with Crippen molar-refractivity contribution >= 4 is 17.0 Å². The number of nitrogens with one attached hydrogen (secondary N) is 1. The third-order valence-corrected chi connectivity index (χ3v) is 3.02. The summed E-state index contributed by atoms with van der Waals surface area (Å²) in [6, 6.07) is 13.8. The Morgan fingerprint density at radius 1 is 1.20 bits per heavy atom. The zero-order valence-corrected chi connectivity index (χ0v) is 10.3. The predicted octanol–water partition coefficient (Wildman–Crippen LogP) is 2.80. The first-order valence-corrected chi connectivity index (χ1v) is 5.91. The normalized spacial score (nSPS) is 10.3. The van der Waals surface area contributed by atoms with Crippen molar-refractivity contribution in [3.05, 3.63) is 53.6 Å². The van der Waals surface area contributed by atoms with Gasteiger partial charge in [-0.25, -0.2) is 9.78 Å². The highest BCUT2D eigenvalue weighted by Crippen LogP contribution is 2.21. The number of imidazole rings is 1. The molecule has 0 fully saturated rings. The molecular weight excluding hydrogens is 254 g/mol. The second kappa shape index (κ2) is 4.52. The lowest BCUT2D eigenvalue weighted by molar-refractivity contribution is 0.0697. The van der Waals surface area contributed by atoms with Crippen molar-refractivity contribution in [2.75, 3.05) is 0 Å². The van der Waals surface area contributed by atoms with Gasteiger partial charge in [-0.05, 0) is 30.3 Å². The molecule has 0 amide bonds. The molecule has 1 heterocycles. The molecule has 5 nitrogen and oxygen atoms in total. The number of carboxylic acids is 1. The molecule has 1 aromatic heterocycles. The Balaban J connectivity index is 2.05. The molecule has 0 unspecified atom stereocenters. The molecule has 0 spiro atoms. The van der Waals surface area contributed by atoms with E-state index in [1.165, 1.54) is 12.1 Å². The molecule has 0 saturated heterocycles. The number of hydrogen-bond donors (Lipinski definition) is 2. The van der Waals surface area contributed by atoms with Crippen molar-refractivity contribution in [3.63, 3.8) is 0 Å². The number of H-pyrrole nitrogens is 1. The van der Waals surface area contributed by atoms with Crippen LogP contribution in [-0.4, -0.2) is 21.0 Å². The van der Waals surface area contributed by atoms with Crippen LogP contribution in [0.15, 0.2) is 42.5 Å². The maximum absolute atomic E-state index is 10.8. The number of carboxylic acid groups (broad SMARTS) is 1. The van der Waals surface area contributed by atoms with Crippen LogP contribution in [-0.2, 0) is 0 Å². The van der Waals surface area contributed by atoms with E-state index in [1.807, 2.05) is 0 Å². The van der Waals surface area contributed by atoms with Gasteiger partial charge in [0.25, 0.3) is 0 Å². The van der Waals surface area contributed by atoms with Gasteiger partial charge in [-0.15, -0.1) is 0 Å². The van der Waals surface area contributed by atoms with Gasteiger partial charge in [0, 0.05) is 5.56 Å². The average Bonchev–Trinajstić information content (AvgIpc) is 2.90. The molecule has 20 heavy (non-hydrogen) atoms. The SMILES string of the molecule is N#Cc1ccc2nc(-c3ccc(C(=O)O)cc3)[nH]c2c1. The Morgan fingerprint density at radius 2 is 1.95 bits per heavy atom. The highest BCUT2D eigenvalue weighted by molar-refractivity contribution is 5.88. The summed E-state index contributed by atoms with van der Waals surface area (Å²) < 4.78 is 0. The van der Waals surface area contributed by atoms with Gasteiger partial charge < -0.3 is 10.1 Å². The minimum Gasteiger partial charge on any atom is -0.478 e. The van der Waals surface area contributed by atoms with Crippen LogP contribution in [0.3, 0.4) is 0 Å². The van der Waals surface area contributed by atoms with Crippen LogP contribution >= 0.6 is 0 Å². The third kappa shape index (κ3) is 1.99. The fraction of sp³-hybridized carbons (Fsp3) is 0. The van der Waals surface area contributed by atoms with E-state index in [4.69, 9.17) is 10.4 Å². The standard InChI is InChI=1S/C15H9N3O2/c16-8-9-1-6-12-13(7-9)18-14(17-12)10-2-4-11(5-3-10)15(19)20/h1-7H,(H,17,18)(H,19,20).